The Morgan fingerprint density at radius 3 is 2.53 bits per heavy atom. The van der Waals surface area contributed by atoms with Crippen LogP contribution >= 0.6 is 0 Å². The van der Waals surface area contributed by atoms with E-state index < -0.39 is 11.6 Å². The fraction of sp³-hybridized carbons (Fsp3) is 0.370. The highest BCUT2D eigenvalue weighted by atomic mass is 19.1. The number of hydrogen-bond acceptors (Lipinski definition) is 1. The van der Waals surface area contributed by atoms with Crippen LogP contribution in [-0.4, -0.2) is 24.0 Å². The molecule has 1 atom stereocenters. The normalized spacial score (nSPS) is 13.2. The van der Waals surface area contributed by atoms with Gasteiger partial charge in [-0.1, -0.05) is 38.1 Å². The van der Waals surface area contributed by atoms with E-state index in [1.54, 1.807) is 48.0 Å². The Morgan fingerprint density at radius 1 is 1.09 bits per heavy atom. The summed E-state index contributed by atoms with van der Waals surface area (Å²) < 4.78 is 45.4. The van der Waals surface area contributed by atoms with Gasteiger partial charge >= 0.3 is 0 Å². The molecule has 0 amide bonds. The summed E-state index contributed by atoms with van der Waals surface area (Å²) in [4.78, 5) is 2.40. The molecule has 2 aromatic carbocycles. The van der Waals surface area contributed by atoms with Crippen molar-refractivity contribution in [2.24, 2.45) is 0 Å². The van der Waals surface area contributed by atoms with Gasteiger partial charge in [-0.05, 0) is 62.0 Å². The van der Waals surface area contributed by atoms with Gasteiger partial charge in [0.2, 0.25) is 6.20 Å². The number of halogens is 3. The molecule has 32 heavy (non-hydrogen) atoms. The van der Waals surface area contributed by atoms with Crippen LogP contribution in [0.3, 0.4) is 0 Å². The Kier molecular flexibility index (Phi) is 8.08. The fourth-order valence-electron chi connectivity index (χ4n) is 4.17. The first-order valence-electron chi connectivity index (χ1n) is 11.3. The van der Waals surface area contributed by atoms with E-state index in [9.17, 15) is 13.2 Å². The lowest BCUT2D eigenvalue weighted by atomic mass is 10.0. The van der Waals surface area contributed by atoms with Crippen molar-refractivity contribution in [1.29, 1.82) is 0 Å². The maximum absolute atomic E-state index is 14.8. The summed E-state index contributed by atoms with van der Waals surface area (Å²) in [6.45, 7) is 11.0. The number of aromatic nitrogens is 1. The molecule has 0 saturated heterocycles. The molecule has 0 aliphatic heterocycles. The van der Waals surface area contributed by atoms with Gasteiger partial charge in [0.05, 0.1) is 5.56 Å². The summed E-state index contributed by atoms with van der Waals surface area (Å²) in [5.74, 6) is -1.53. The molecule has 0 spiro atoms. The first-order chi connectivity index (χ1) is 15.3. The van der Waals surface area contributed by atoms with Crippen LogP contribution in [0, 0.1) is 18.6 Å². The molecule has 0 aliphatic rings. The van der Waals surface area contributed by atoms with Gasteiger partial charge in [-0.15, -0.1) is 0 Å². The van der Waals surface area contributed by atoms with Crippen molar-refractivity contribution < 1.29 is 17.7 Å². The quantitative estimate of drug-likeness (QED) is 0.336. The Balaban J connectivity index is 1.71. The lowest BCUT2D eigenvalue weighted by Gasteiger charge is -2.25. The molecule has 170 valence electrons. The number of fused-ring (bicyclic) bond motifs is 1. The van der Waals surface area contributed by atoms with Crippen molar-refractivity contribution in [3.05, 3.63) is 77.1 Å². The van der Waals surface area contributed by atoms with Gasteiger partial charge in [0.15, 0.2) is 12.0 Å². The van der Waals surface area contributed by atoms with Crippen molar-refractivity contribution in [2.45, 2.75) is 53.1 Å². The molecule has 0 N–H and O–H groups in total. The molecule has 1 aromatic heterocycles. The van der Waals surface area contributed by atoms with Crippen molar-refractivity contribution >= 4 is 22.7 Å². The number of pyridine rings is 1. The third kappa shape index (κ3) is 5.57. The molecule has 0 fully saturated rings. The van der Waals surface area contributed by atoms with E-state index in [0.717, 1.165) is 25.9 Å². The molecule has 1 heterocycles. The van der Waals surface area contributed by atoms with E-state index in [2.05, 4.69) is 25.7 Å². The van der Waals surface area contributed by atoms with E-state index in [1.807, 2.05) is 0 Å². The predicted molar refractivity (Wildman–Crippen MR) is 126 cm³/mol. The molecule has 0 radical (unpaired) electrons. The molecule has 3 rings (SSSR count). The summed E-state index contributed by atoms with van der Waals surface area (Å²) in [6, 6.07) is 10.4. The van der Waals surface area contributed by atoms with Crippen LogP contribution in [0.5, 0.6) is 0 Å². The Bertz CT molecular complexity index is 1100. The zero-order valence-electron chi connectivity index (χ0n) is 19.3. The van der Waals surface area contributed by atoms with Gasteiger partial charge in [0.1, 0.15) is 18.2 Å². The molecular formula is C27H32F3N2+. The number of hydrogen-bond donors (Lipinski definition) is 0. The van der Waals surface area contributed by atoms with Crippen LogP contribution in [0.2, 0.25) is 0 Å². The standard InChI is InChI=1S/C27H32F3N2/c1-5-32(6-2)20(4)8-7-14-31-15-13-24(26(29)18-31)25(28)17-21-10-12-23-22(16-21)11-9-19(3)27(23)30/h9-13,15-18,20H,5-8,14H2,1-4H3/q+1/b25-17-. The minimum atomic E-state index is -0.656. The number of nitrogens with zero attached hydrogens (tertiary/aromatic N) is 2. The first-order valence-corrected chi connectivity index (χ1v) is 11.3. The van der Waals surface area contributed by atoms with Gasteiger partial charge in [0.25, 0.3) is 0 Å². The van der Waals surface area contributed by atoms with Crippen molar-refractivity contribution in [2.75, 3.05) is 13.1 Å². The van der Waals surface area contributed by atoms with E-state index in [-0.39, 0.29) is 11.4 Å². The van der Waals surface area contributed by atoms with E-state index in [0.29, 0.717) is 34.5 Å². The molecule has 3 aromatic rings. The smallest absolute Gasteiger partial charge is 0.205 e. The zero-order chi connectivity index (χ0) is 23.3. The Hall–Kier alpha value is -2.66. The monoisotopic (exact) mass is 441 g/mol. The molecule has 0 saturated carbocycles. The zero-order valence-corrected chi connectivity index (χ0v) is 19.3. The summed E-state index contributed by atoms with van der Waals surface area (Å²) >= 11 is 0. The topological polar surface area (TPSA) is 7.12 Å². The second-order valence-electron chi connectivity index (χ2n) is 8.33. The molecule has 2 nitrogen and oxygen atoms in total. The Labute approximate surface area is 189 Å². The fourth-order valence-corrected chi connectivity index (χ4v) is 4.17. The van der Waals surface area contributed by atoms with Gasteiger partial charge < -0.3 is 4.90 Å². The molecule has 0 bridgehead atoms. The van der Waals surface area contributed by atoms with Gasteiger partial charge in [-0.2, -0.15) is 4.39 Å². The van der Waals surface area contributed by atoms with Crippen molar-refractivity contribution in [3.63, 3.8) is 0 Å². The van der Waals surface area contributed by atoms with Gasteiger partial charge in [0, 0.05) is 23.9 Å². The summed E-state index contributed by atoms with van der Waals surface area (Å²) in [5.41, 5.74) is 1.04. The highest BCUT2D eigenvalue weighted by molar-refractivity contribution is 5.88. The third-order valence-electron chi connectivity index (χ3n) is 6.16. The molecule has 0 aliphatic carbocycles. The summed E-state index contributed by atoms with van der Waals surface area (Å²) in [7, 11) is 0. The number of benzene rings is 2. The SMILES string of the molecule is CCN(CC)C(C)CCC[n+]1ccc(/C(F)=C/c2ccc3c(F)c(C)ccc3c2)c(F)c1. The second-order valence-corrected chi connectivity index (χ2v) is 8.33. The predicted octanol–water partition coefficient (Wildman–Crippen LogP) is 6.69. The maximum atomic E-state index is 14.8. The van der Waals surface area contributed by atoms with Crippen LogP contribution in [-0.2, 0) is 6.54 Å². The van der Waals surface area contributed by atoms with Crippen LogP contribution in [0.15, 0.2) is 48.8 Å². The molecule has 1 unspecified atom stereocenters. The minimum absolute atomic E-state index is 0.0760. The maximum Gasteiger partial charge on any atom is 0.205 e. The van der Waals surface area contributed by atoms with E-state index >= 15 is 0 Å². The number of aryl methyl sites for hydroxylation is 2. The van der Waals surface area contributed by atoms with Crippen LogP contribution < -0.4 is 4.57 Å². The van der Waals surface area contributed by atoms with Gasteiger partial charge in [-0.3, -0.25) is 0 Å². The average molecular weight is 442 g/mol. The van der Waals surface area contributed by atoms with Crippen LogP contribution in [0.4, 0.5) is 13.2 Å². The largest absolute Gasteiger partial charge is 0.301 e. The average Bonchev–Trinajstić information content (AvgIpc) is 2.77. The lowest BCUT2D eigenvalue weighted by molar-refractivity contribution is -0.698. The lowest BCUT2D eigenvalue weighted by Crippen LogP contribution is -2.36. The highest BCUT2D eigenvalue weighted by Gasteiger charge is 2.15. The van der Waals surface area contributed by atoms with E-state index in [4.69, 9.17) is 0 Å². The highest BCUT2D eigenvalue weighted by Crippen LogP contribution is 2.26. The summed E-state index contributed by atoms with van der Waals surface area (Å²) in [5, 5.41) is 1.17. The van der Waals surface area contributed by atoms with Crippen molar-refractivity contribution in [3.8, 4) is 0 Å². The minimum Gasteiger partial charge on any atom is -0.301 e. The number of rotatable bonds is 9. The van der Waals surface area contributed by atoms with E-state index in [1.165, 1.54) is 18.3 Å². The Morgan fingerprint density at radius 2 is 1.84 bits per heavy atom. The molecule has 5 heteroatoms. The first kappa shape index (κ1) is 24.0. The van der Waals surface area contributed by atoms with Crippen LogP contribution in [0.1, 0.15) is 50.3 Å². The van der Waals surface area contributed by atoms with Gasteiger partial charge in [-0.25, -0.2) is 13.3 Å². The molecular weight excluding hydrogens is 409 g/mol. The third-order valence-corrected chi connectivity index (χ3v) is 6.16. The second kappa shape index (κ2) is 10.8. The van der Waals surface area contributed by atoms with Crippen LogP contribution in [0.25, 0.3) is 22.7 Å². The summed E-state index contributed by atoms with van der Waals surface area (Å²) in [6.07, 6.45) is 6.29. The van der Waals surface area contributed by atoms with Crippen molar-refractivity contribution in [1.82, 2.24) is 4.90 Å².